The number of nitrogens with zero attached hydrogens (tertiary/aromatic N) is 4. The Morgan fingerprint density at radius 2 is 2.22 bits per heavy atom. The third-order valence-corrected chi connectivity index (χ3v) is 5.42. The van der Waals surface area contributed by atoms with Crippen molar-refractivity contribution in [1.29, 1.82) is 0 Å². The van der Waals surface area contributed by atoms with Crippen LogP contribution in [0.15, 0.2) is 34.4 Å². The zero-order valence-corrected chi connectivity index (χ0v) is 16.0. The van der Waals surface area contributed by atoms with Crippen molar-refractivity contribution in [2.75, 3.05) is 16.8 Å². The minimum atomic E-state index is -0.430. The summed E-state index contributed by atoms with van der Waals surface area (Å²) in [4.78, 5) is 31.9. The maximum Gasteiger partial charge on any atom is 0.277 e. The van der Waals surface area contributed by atoms with Gasteiger partial charge >= 0.3 is 0 Å². The molecule has 4 rings (SSSR count). The van der Waals surface area contributed by atoms with Gasteiger partial charge in [-0.05, 0) is 17.9 Å². The first-order valence-corrected chi connectivity index (χ1v) is 9.39. The summed E-state index contributed by atoms with van der Waals surface area (Å²) in [6, 6.07) is 3.76. The molecular weight excluding hydrogens is 366 g/mol. The summed E-state index contributed by atoms with van der Waals surface area (Å²) in [6.07, 6.45) is 3.74. The number of anilines is 2. The highest BCUT2D eigenvalue weighted by Gasteiger charge is 2.41. The minimum absolute atomic E-state index is 0.00174. The molecule has 1 fully saturated rings. The Bertz CT molecular complexity index is 1000. The zero-order chi connectivity index (χ0) is 19.2. The van der Waals surface area contributed by atoms with Crippen molar-refractivity contribution in [2.24, 2.45) is 12.5 Å². The van der Waals surface area contributed by atoms with Crippen LogP contribution in [0.1, 0.15) is 30.8 Å². The highest BCUT2D eigenvalue weighted by molar-refractivity contribution is 7.13. The largest absolute Gasteiger partial charge is 0.443 e. The second kappa shape index (κ2) is 6.34. The van der Waals surface area contributed by atoms with E-state index in [1.165, 1.54) is 17.6 Å². The maximum atomic E-state index is 12.6. The van der Waals surface area contributed by atoms with E-state index < -0.39 is 11.3 Å². The van der Waals surface area contributed by atoms with Gasteiger partial charge in [-0.2, -0.15) is 5.10 Å². The fraction of sp³-hybridized carbons (Fsp3) is 0.333. The average Bonchev–Trinajstić information content (AvgIpc) is 3.37. The molecule has 3 aromatic heterocycles. The number of aryl methyl sites for hydroxylation is 1. The summed E-state index contributed by atoms with van der Waals surface area (Å²) in [5.74, 6) is 0.432. The third-order valence-electron chi connectivity index (χ3n) is 4.57. The number of amides is 2. The van der Waals surface area contributed by atoms with Crippen molar-refractivity contribution >= 4 is 34.7 Å². The van der Waals surface area contributed by atoms with Gasteiger partial charge in [0.2, 0.25) is 11.8 Å². The topological polar surface area (TPSA) is 93.3 Å². The lowest BCUT2D eigenvalue weighted by molar-refractivity contribution is -0.124. The molecule has 1 aliphatic rings. The first-order chi connectivity index (χ1) is 12.8. The number of oxazole rings is 1. The molecular formula is C18H19N5O3S. The highest BCUT2D eigenvalue weighted by atomic mass is 32.1. The van der Waals surface area contributed by atoms with Crippen LogP contribution in [0.3, 0.4) is 0 Å². The second-order valence-corrected chi connectivity index (χ2v) is 8.05. The number of aromatic nitrogens is 3. The van der Waals surface area contributed by atoms with Crippen LogP contribution in [0.5, 0.6) is 0 Å². The predicted molar refractivity (Wildman–Crippen MR) is 102 cm³/mol. The number of hydrogen-bond acceptors (Lipinski definition) is 6. The number of rotatable bonds is 4. The third kappa shape index (κ3) is 3.14. The van der Waals surface area contributed by atoms with E-state index in [-0.39, 0.29) is 11.6 Å². The Hall–Kier alpha value is -2.94. The van der Waals surface area contributed by atoms with Crippen LogP contribution in [0.2, 0.25) is 0 Å². The van der Waals surface area contributed by atoms with Gasteiger partial charge in [-0.25, -0.2) is 4.98 Å². The second-order valence-electron chi connectivity index (χ2n) is 7.10. The Balaban J connectivity index is 1.57. The molecule has 1 aliphatic heterocycles. The molecule has 1 N–H and O–H groups in total. The molecule has 140 valence electrons. The van der Waals surface area contributed by atoms with E-state index in [1.54, 1.807) is 22.8 Å². The minimum Gasteiger partial charge on any atom is -0.443 e. The molecule has 0 aromatic carbocycles. The number of carbonyl (C=O) groups is 2. The monoisotopic (exact) mass is 385 g/mol. The quantitative estimate of drug-likeness (QED) is 0.745. The van der Waals surface area contributed by atoms with Gasteiger partial charge in [0.1, 0.15) is 12.0 Å². The predicted octanol–water partition coefficient (Wildman–Crippen LogP) is 3.15. The lowest BCUT2D eigenvalue weighted by Gasteiger charge is -2.18. The molecule has 0 saturated carbocycles. The Labute approximate surface area is 159 Å². The Kier molecular flexibility index (Phi) is 4.11. The molecule has 0 atom stereocenters. The molecule has 9 heteroatoms. The van der Waals surface area contributed by atoms with Crippen molar-refractivity contribution in [1.82, 2.24) is 14.8 Å². The molecule has 4 heterocycles. The molecule has 0 unspecified atom stereocenters. The van der Waals surface area contributed by atoms with Gasteiger partial charge in [-0.3, -0.25) is 19.2 Å². The zero-order valence-electron chi connectivity index (χ0n) is 15.2. The van der Waals surface area contributed by atoms with Crippen LogP contribution in [0.25, 0.3) is 10.8 Å². The van der Waals surface area contributed by atoms with Gasteiger partial charge < -0.3 is 9.73 Å². The van der Waals surface area contributed by atoms with Crippen molar-refractivity contribution in [2.45, 2.75) is 20.3 Å². The molecule has 0 radical (unpaired) electrons. The Morgan fingerprint density at radius 3 is 2.89 bits per heavy atom. The normalized spacial score (nSPS) is 16.1. The van der Waals surface area contributed by atoms with Gasteiger partial charge in [0.05, 0.1) is 11.1 Å². The van der Waals surface area contributed by atoms with Gasteiger partial charge in [0.15, 0.2) is 11.5 Å². The summed E-state index contributed by atoms with van der Waals surface area (Å²) in [5, 5.41) is 9.07. The van der Waals surface area contributed by atoms with Crippen molar-refractivity contribution in [3.8, 4) is 10.8 Å². The summed E-state index contributed by atoms with van der Waals surface area (Å²) in [5.41, 5.74) is 0.205. The summed E-state index contributed by atoms with van der Waals surface area (Å²) < 4.78 is 6.97. The average molecular weight is 385 g/mol. The molecule has 0 spiro atoms. The number of thiophene rings is 1. The molecule has 2 amide bonds. The van der Waals surface area contributed by atoms with Crippen LogP contribution in [0.4, 0.5) is 11.5 Å². The van der Waals surface area contributed by atoms with E-state index >= 15 is 0 Å². The molecule has 3 aromatic rings. The van der Waals surface area contributed by atoms with Crippen LogP contribution in [-0.4, -0.2) is 33.1 Å². The summed E-state index contributed by atoms with van der Waals surface area (Å²) >= 11 is 1.48. The molecule has 0 aliphatic carbocycles. The van der Waals surface area contributed by atoms with E-state index in [2.05, 4.69) is 15.4 Å². The molecule has 1 saturated heterocycles. The standard InChI is InChI=1S/C18H19N5O3S/c1-18(2)6-7-23(17(18)25)14-11(9-22(3)21-14)19-15(24)12-10-26-16(20-12)13-5-4-8-27-13/h4-5,8-10H,6-7H2,1-3H3,(H,19,24). The Morgan fingerprint density at radius 1 is 1.41 bits per heavy atom. The van der Waals surface area contributed by atoms with Crippen molar-refractivity contribution < 1.29 is 14.0 Å². The lowest BCUT2D eigenvalue weighted by atomic mass is 9.92. The SMILES string of the molecule is Cn1cc(NC(=O)c2coc(-c3cccs3)n2)c(N2CCC(C)(C)C2=O)n1. The van der Waals surface area contributed by atoms with Crippen LogP contribution in [0, 0.1) is 5.41 Å². The van der Waals surface area contributed by atoms with E-state index in [0.29, 0.717) is 23.9 Å². The molecule has 27 heavy (non-hydrogen) atoms. The van der Waals surface area contributed by atoms with Gasteiger partial charge in [-0.1, -0.05) is 19.9 Å². The van der Waals surface area contributed by atoms with Gasteiger partial charge in [0, 0.05) is 19.0 Å². The fourth-order valence-electron chi connectivity index (χ4n) is 3.01. The summed E-state index contributed by atoms with van der Waals surface area (Å²) in [6.45, 7) is 4.40. The number of carbonyl (C=O) groups excluding carboxylic acids is 2. The van der Waals surface area contributed by atoms with Gasteiger partial charge in [0.25, 0.3) is 5.91 Å². The number of nitrogens with one attached hydrogen (secondary N) is 1. The van der Waals surface area contributed by atoms with E-state index in [1.807, 2.05) is 31.4 Å². The first kappa shape index (κ1) is 17.5. The summed E-state index contributed by atoms with van der Waals surface area (Å²) in [7, 11) is 1.75. The van der Waals surface area contributed by atoms with E-state index in [4.69, 9.17) is 4.42 Å². The van der Waals surface area contributed by atoms with Gasteiger partial charge in [-0.15, -0.1) is 11.3 Å². The van der Waals surface area contributed by atoms with E-state index in [9.17, 15) is 9.59 Å². The lowest BCUT2D eigenvalue weighted by Crippen LogP contribution is -2.32. The first-order valence-electron chi connectivity index (χ1n) is 8.51. The van der Waals surface area contributed by atoms with Crippen molar-refractivity contribution in [3.05, 3.63) is 35.7 Å². The highest BCUT2D eigenvalue weighted by Crippen LogP contribution is 2.36. The van der Waals surface area contributed by atoms with E-state index in [0.717, 1.165) is 11.3 Å². The maximum absolute atomic E-state index is 12.6. The molecule has 0 bridgehead atoms. The van der Waals surface area contributed by atoms with Crippen LogP contribution < -0.4 is 10.2 Å². The fourth-order valence-corrected chi connectivity index (χ4v) is 3.66. The van der Waals surface area contributed by atoms with Crippen LogP contribution in [-0.2, 0) is 11.8 Å². The molecule has 8 nitrogen and oxygen atoms in total. The number of hydrogen-bond donors (Lipinski definition) is 1. The van der Waals surface area contributed by atoms with Crippen molar-refractivity contribution in [3.63, 3.8) is 0 Å². The van der Waals surface area contributed by atoms with Crippen LogP contribution >= 0.6 is 11.3 Å². The smallest absolute Gasteiger partial charge is 0.277 e.